The summed E-state index contributed by atoms with van der Waals surface area (Å²) in [6.07, 6.45) is 5.46. The van der Waals surface area contributed by atoms with Gasteiger partial charge in [-0.15, -0.1) is 5.10 Å². The molecule has 0 spiro atoms. The van der Waals surface area contributed by atoms with Crippen LogP contribution in [-0.2, 0) is 6.54 Å². The normalized spacial score (nSPS) is 9.65. The van der Waals surface area contributed by atoms with Gasteiger partial charge in [-0.25, -0.2) is 4.79 Å². The minimum Gasteiger partial charge on any atom is -0.289 e. The van der Waals surface area contributed by atoms with Gasteiger partial charge in [0.15, 0.2) is 5.82 Å². The molecule has 92 valence electrons. The maximum Gasteiger partial charge on any atom is 0.330 e. The van der Waals surface area contributed by atoms with Gasteiger partial charge in [0.05, 0.1) is 18.8 Å². The SMILES string of the molecule is CSNC(=O)Nc1cnn(CCCCC#N)n1. The predicted octanol–water partition coefficient (Wildman–Crippen LogP) is 1.37. The molecule has 0 saturated carbocycles. The predicted molar refractivity (Wildman–Crippen MR) is 65.2 cm³/mol. The Balaban J connectivity index is 2.32. The smallest absolute Gasteiger partial charge is 0.289 e. The molecule has 17 heavy (non-hydrogen) atoms. The van der Waals surface area contributed by atoms with E-state index in [4.69, 9.17) is 5.26 Å². The quantitative estimate of drug-likeness (QED) is 0.590. The summed E-state index contributed by atoms with van der Waals surface area (Å²) in [7, 11) is 0. The number of carbonyl (C=O) groups is 1. The minimum absolute atomic E-state index is 0.325. The van der Waals surface area contributed by atoms with Crippen molar-refractivity contribution in [1.29, 1.82) is 5.26 Å². The summed E-state index contributed by atoms with van der Waals surface area (Å²) in [6, 6.07) is 1.76. The summed E-state index contributed by atoms with van der Waals surface area (Å²) in [5, 5.41) is 19.0. The molecule has 0 aliphatic heterocycles. The zero-order chi connectivity index (χ0) is 12.5. The number of carbonyl (C=O) groups excluding carboxylic acids is 1. The molecule has 0 aromatic carbocycles. The third kappa shape index (κ3) is 5.21. The van der Waals surface area contributed by atoms with Crippen LogP contribution in [0, 0.1) is 11.3 Å². The summed E-state index contributed by atoms with van der Waals surface area (Å²) in [6.45, 7) is 0.646. The van der Waals surface area contributed by atoms with E-state index in [1.807, 2.05) is 0 Å². The molecule has 0 unspecified atom stereocenters. The van der Waals surface area contributed by atoms with Gasteiger partial charge in [-0.05, 0) is 12.8 Å². The van der Waals surface area contributed by atoms with Crippen molar-refractivity contribution in [3.05, 3.63) is 6.20 Å². The Labute approximate surface area is 104 Å². The summed E-state index contributed by atoms with van der Waals surface area (Å²) in [4.78, 5) is 12.7. The number of unbranched alkanes of at least 4 members (excludes halogenated alkanes) is 2. The van der Waals surface area contributed by atoms with Crippen molar-refractivity contribution in [2.75, 3.05) is 11.6 Å². The van der Waals surface area contributed by atoms with Crippen molar-refractivity contribution >= 4 is 23.8 Å². The summed E-state index contributed by atoms with van der Waals surface area (Å²) in [5.74, 6) is 0.414. The van der Waals surface area contributed by atoms with E-state index in [0.29, 0.717) is 18.8 Å². The highest BCUT2D eigenvalue weighted by Gasteiger charge is 2.04. The van der Waals surface area contributed by atoms with E-state index in [2.05, 4.69) is 26.3 Å². The Morgan fingerprint density at radius 2 is 2.47 bits per heavy atom. The van der Waals surface area contributed by atoms with Gasteiger partial charge in [0.25, 0.3) is 0 Å². The molecule has 0 aliphatic rings. The number of aryl methyl sites for hydroxylation is 1. The number of urea groups is 1. The molecule has 1 aromatic rings. The van der Waals surface area contributed by atoms with E-state index < -0.39 is 0 Å². The number of hydrogen-bond donors (Lipinski definition) is 2. The average molecular weight is 254 g/mol. The number of amides is 2. The monoisotopic (exact) mass is 254 g/mol. The number of hydrogen-bond acceptors (Lipinski definition) is 5. The van der Waals surface area contributed by atoms with Gasteiger partial charge >= 0.3 is 6.03 Å². The Hall–Kier alpha value is -1.75. The van der Waals surface area contributed by atoms with Crippen molar-refractivity contribution in [2.24, 2.45) is 0 Å². The molecule has 0 fully saturated rings. The fraction of sp³-hybridized carbons (Fsp3) is 0.556. The van der Waals surface area contributed by atoms with Gasteiger partial charge in [0, 0.05) is 12.7 Å². The lowest BCUT2D eigenvalue weighted by atomic mass is 10.2. The molecule has 7 nitrogen and oxygen atoms in total. The van der Waals surface area contributed by atoms with Gasteiger partial charge in [0.1, 0.15) is 0 Å². The fourth-order valence-corrected chi connectivity index (χ4v) is 1.39. The second kappa shape index (κ2) is 7.51. The molecule has 0 saturated heterocycles. The summed E-state index contributed by atoms with van der Waals surface area (Å²) >= 11 is 1.21. The van der Waals surface area contributed by atoms with Crippen LogP contribution in [0.2, 0.25) is 0 Å². The van der Waals surface area contributed by atoms with Crippen LogP contribution in [0.15, 0.2) is 6.20 Å². The average Bonchev–Trinajstić information content (AvgIpc) is 2.72. The van der Waals surface area contributed by atoms with Gasteiger partial charge < -0.3 is 0 Å². The Morgan fingerprint density at radius 3 is 3.18 bits per heavy atom. The van der Waals surface area contributed by atoms with Crippen LogP contribution in [0.4, 0.5) is 10.6 Å². The van der Waals surface area contributed by atoms with Crippen molar-refractivity contribution in [3.63, 3.8) is 0 Å². The van der Waals surface area contributed by atoms with Crippen LogP contribution >= 0.6 is 11.9 Å². The van der Waals surface area contributed by atoms with E-state index in [1.165, 1.54) is 22.9 Å². The molecule has 1 heterocycles. The van der Waals surface area contributed by atoms with Gasteiger partial charge in [-0.3, -0.25) is 10.0 Å². The zero-order valence-corrected chi connectivity index (χ0v) is 10.3. The molecule has 0 radical (unpaired) electrons. The summed E-state index contributed by atoms with van der Waals surface area (Å²) in [5.41, 5.74) is 0. The third-order valence-corrected chi connectivity index (χ3v) is 2.26. The van der Waals surface area contributed by atoms with Crippen molar-refractivity contribution in [3.8, 4) is 6.07 Å². The Bertz CT molecular complexity index is 398. The van der Waals surface area contributed by atoms with E-state index in [-0.39, 0.29) is 6.03 Å². The lowest BCUT2D eigenvalue weighted by Crippen LogP contribution is -2.22. The number of anilines is 1. The maximum atomic E-state index is 11.2. The van der Waals surface area contributed by atoms with Crippen molar-refractivity contribution < 1.29 is 4.79 Å². The number of aromatic nitrogens is 3. The zero-order valence-electron chi connectivity index (χ0n) is 9.51. The topological polar surface area (TPSA) is 95.6 Å². The van der Waals surface area contributed by atoms with Gasteiger partial charge in [-0.1, -0.05) is 11.9 Å². The Kier molecular flexibility index (Phi) is 5.88. The van der Waals surface area contributed by atoms with E-state index in [9.17, 15) is 4.79 Å². The number of rotatable bonds is 6. The number of nitriles is 1. The summed E-state index contributed by atoms with van der Waals surface area (Å²) < 4.78 is 2.52. The number of nitrogens with zero attached hydrogens (tertiary/aromatic N) is 4. The van der Waals surface area contributed by atoms with E-state index >= 15 is 0 Å². The molecule has 2 N–H and O–H groups in total. The van der Waals surface area contributed by atoms with Crippen LogP contribution in [0.1, 0.15) is 19.3 Å². The first-order valence-electron chi connectivity index (χ1n) is 5.13. The van der Waals surface area contributed by atoms with Crippen LogP contribution < -0.4 is 10.0 Å². The first kappa shape index (κ1) is 13.3. The molecule has 8 heteroatoms. The van der Waals surface area contributed by atoms with Gasteiger partial charge in [-0.2, -0.15) is 15.2 Å². The molecule has 2 amide bonds. The highest BCUT2D eigenvalue weighted by atomic mass is 32.2. The molecular formula is C9H14N6OS. The third-order valence-electron chi connectivity index (χ3n) is 1.87. The van der Waals surface area contributed by atoms with Crippen LogP contribution in [0.3, 0.4) is 0 Å². The molecule has 0 atom stereocenters. The second-order valence-corrected chi connectivity index (χ2v) is 3.81. The fourth-order valence-electron chi connectivity index (χ4n) is 1.15. The largest absolute Gasteiger partial charge is 0.330 e. The molecule has 0 aliphatic carbocycles. The van der Waals surface area contributed by atoms with E-state index in [0.717, 1.165) is 12.8 Å². The minimum atomic E-state index is -0.325. The lowest BCUT2D eigenvalue weighted by molar-refractivity contribution is 0.257. The second-order valence-electron chi connectivity index (χ2n) is 3.20. The standard InChI is InChI=1S/C9H14N6OS/c1-17-14-9(16)12-8-7-11-15(13-8)6-4-2-3-5-10/h7H,2-4,6H2,1H3,(H2,12,13,14,16). The van der Waals surface area contributed by atoms with Crippen molar-refractivity contribution in [1.82, 2.24) is 19.7 Å². The van der Waals surface area contributed by atoms with Crippen molar-refractivity contribution in [2.45, 2.75) is 25.8 Å². The molecule has 1 rings (SSSR count). The molecule has 0 bridgehead atoms. The highest BCUT2D eigenvalue weighted by molar-refractivity contribution is 7.97. The highest BCUT2D eigenvalue weighted by Crippen LogP contribution is 2.02. The van der Waals surface area contributed by atoms with E-state index in [1.54, 1.807) is 6.26 Å². The van der Waals surface area contributed by atoms with Crippen LogP contribution in [0.5, 0.6) is 0 Å². The lowest BCUT2D eigenvalue weighted by Gasteiger charge is -2.00. The van der Waals surface area contributed by atoms with Gasteiger partial charge in [0.2, 0.25) is 0 Å². The first-order chi connectivity index (χ1) is 8.26. The Morgan fingerprint density at radius 1 is 1.65 bits per heavy atom. The molecular weight excluding hydrogens is 240 g/mol. The maximum absolute atomic E-state index is 11.2. The van der Waals surface area contributed by atoms with Crippen LogP contribution in [-0.4, -0.2) is 27.3 Å². The molecule has 1 aromatic heterocycles. The van der Waals surface area contributed by atoms with Crippen LogP contribution in [0.25, 0.3) is 0 Å². The number of nitrogens with one attached hydrogen (secondary N) is 2. The first-order valence-corrected chi connectivity index (χ1v) is 6.36.